The number of rotatable bonds is 4. The van der Waals surface area contributed by atoms with Gasteiger partial charge in [0.05, 0.1) is 0 Å². The monoisotopic (exact) mass is 219 g/mol. The van der Waals surface area contributed by atoms with Crippen LogP contribution in [0.5, 0.6) is 5.88 Å². The van der Waals surface area contributed by atoms with E-state index in [1.807, 2.05) is 25.1 Å². The zero-order chi connectivity index (χ0) is 11.4. The summed E-state index contributed by atoms with van der Waals surface area (Å²) >= 11 is 0. The fourth-order valence-electron chi connectivity index (χ4n) is 1.29. The van der Waals surface area contributed by atoms with Crippen molar-refractivity contribution >= 4 is 0 Å². The highest BCUT2D eigenvalue weighted by molar-refractivity contribution is 5.20. The molecule has 2 N–H and O–H groups in total. The van der Waals surface area contributed by atoms with Crippen LogP contribution in [0.1, 0.15) is 17.0 Å². The number of pyridine rings is 1. The molecule has 0 unspecified atom stereocenters. The van der Waals surface area contributed by atoms with Crippen LogP contribution in [0.2, 0.25) is 0 Å². The van der Waals surface area contributed by atoms with E-state index in [0.717, 1.165) is 17.0 Å². The Hall–Kier alpha value is -1.88. The second-order valence-electron chi connectivity index (χ2n) is 3.42. The lowest BCUT2D eigenvalue weighted by molar-refractivity contribution is 0.277. The fourth-order valence-corrected chi connectivity index (χ4v) is 1.29. The minimum Gasteiger partial charge on any atom is -0.471 e. The Morgan fingerprint density at radius 2 is 2.31 bits per heavy atom. The predicted octanol–water partition coefficient (Wildman–Crippen LogP) is 1.42. The first-order valence-corrected chi connectivity index (χ1v) is 4.98. The van der Waals surface area contributed by atoms with Gasteiger partial charge in [0.15, 0.2) is 0 Å². The molecule has 5 heteroatoms. The third-order valence-corrected chi connectivity index (χ3v) is 2.08. The van der Waals surface area contributed by atoms with Crippen molar-refractivity contribution in [3.05, 3.63) is 41.4 Å². The van der Waals surface area contributed by atoms with Gasteiger partial charge in [0.1, 0.15) is 18.1 Å². The molecule has 84 valence electrons. The van der Waals surface area contributed by atoms with Crippen LogP contribution in [-0.2, 0) is 13.2 Å². The summed E-state index contributed by atoms with van der Waals surface area (Å²) in [6, 6.07) is 5.49. The molecule has 0 radical (unpaired) electrons. The maximum Gasteiger partial charge on any atom is 0.213 e. The Bertz CT molecular complexity index is 468. The zero-order valence-corrected chi connectivity index (χ0v) is 9.01. The lowest BCUT2D eigenvalue weighted by Crippen LogP contribution is -2.00. The number of hydrogen-bond donors (Lipinski definition) is 1. The smallest absolute Gasteiger partial charge is 0.213 e. The highest BCUT2D eigenvalue weighted by Crippen LogP contribution is 2.11. The Morgan fingerprint density at radius 1 is 1.44 bits per heavy atom. The van der Waals surface area contributed by atoms with Crippen molar-refractivity contribution < 1.29 is 9.26 Å². The number of nitrogens with zero attached hydrogens (tertiary/aromatic N) is 2. The van der Waals surface area contributed by atoms with Gasteiger partial charge in [-0.05, 0) is 18.6 Å². The van der Waals surface area contributed by atoms with E-state index < -0.39 is 0 Å². The van der Waals surface area contributed by atoms with Gasteiger partial charge in [-0.2, -0.15) is 0 Å². The Labute approximate surface area is 93.2 Å². The summed E-state index contributed by atoms with van der Waals surface area (Å²) in [5.74, 6) is 1.31. The summed E-state index contributed by atoms with van der Waals surface area (Å²) in [5.41, 5.74) is 7.25. The lowest BCUT2D eigenvalue weighted by atomic mass is 10.3. The molecule has 0 aliphatic heterocycles. The van der Waals surface area contributed by atoms with Crippen LogP contribution in [0, 0.1) is 6.92 Å². The zero-order valence-electron chi connectivity index (χ0n) is 9.01. The molecular weight excluding hydrogens is 206 g/mol. The number of aromatic nitrogens is 2. The van der Waals surface area contributed by atoms with Crippen LogP contribution < -0.4 is 10.5 Å². The number of hydrogen-bond acceptors (Lipinski definition) is 5. The summed E-state index contributed by atoms with van der Waals surface area (Å²) in [7, 11) is 0. The average molecular weight is 219 g/mol. The molecule has 0 aliphatic rings. The maximum absolute atomic E-state index is 5.52. The lowest BCUT2D eigenvalue weighted by Gasteiger charge is -2.03. The van der Waals surface area contributed by atoms with E-state index in [1.165, 1.54) is 0 Å². The van der Waals surface area contributed by atoms with E-state index in [9.17, 15) is 0 Å². The SMILES string of the molecule is Cc1cc(COc2cc(CN)ccn2)no1. The topological polar surface area (TPSA) is 74.2 Å². The van der Waals surface area contributed by atoms with Crippen molar-refractivity contribution in [3.63, 3.8) is 0 Å². The normalized spacial score (nSPS) is 10.4. The highest BCUT2D eigenvalue weighted by Gasteiger charge is 2.02. The molecule has 0 aliphatic carbocycles. The summed E-state index contributed by atoms with van der Waals surface area (Å²) in [6.45, 7) is 2.66. The van der Waals surface area contributed by atoms with Crippen LogP contribution in [0.15, 0.2) is 28.9 Å². The van der Waals surface area contributed by atoms with E-state index in [1.54, 1.807) is 6.20 Å². The summed E-state index contributed by atoms with van der Waals surface area (Å²) in [6.07, 6.45) is 1.67. The van der Waals surface area contributed by atoms with Gasteiger partial charge in [-0.25, -0.2) is 4.98 Å². The molecule has 2 aromatic rings. The van der Waals surface area contributed by atoms with Gasteiger partial charge in [0.25, 0.3) is 0 Å². The molecule has 0 atom stereocenters. The van der Waals surface area contributed by atoms with Crippen LogP contribution in [0.4, 0.5) is 0 Å². The summed E-state index contributed by atoms with van der Waals surface area (Å²) in [5, 5.41) is 3.82. The first kappa shape index (κ1) is 10.6. The van der Waals surface area contributed by atoms with Crippen LogP contribution in [0.3, 0.4) is 0 Å². The minimum absolute atomic E-state index is 0.346. The third kappa shape index (κ3) is 2.58. The summed E-state index contributed by atoms with van der Waals surface area (Å²) < 4.78 is 10.4. The number of aryl methyl sites for hydroxylation is 1. The van der Waals surface area contributed by atoms with Gasteiger partial charge in [0.2, 0.25) is 5.88 Å². The van der Waals surface area contributed by atoms with E-state index >= 15 is 0 Å². The second-order valence-corrected chi connectivity index (χ2v) is 3.42. The molecule has 2 heterocycles. The van der Waals surface area contributed by atoms with Gasteiger partial charge in [-0.3, -0.25) is 0 Å². The molecule has 0 fully saturated rings. The van der Waals surface area contributed by atoms with Crippen molar-refractivity contribution in [2.24, 2.45) is 5.73 Å². The largest absolute Gasteiger partial charge is 0.471 e. The molecule has 5 nitrogen and oxygen atoms in total. The van der Waals surface area contributed by atoms with E-state index in [-0.39, 0.29) is 0 Å². The standard InChI is InChI=1S/C11H13N3O2/c1-8-4-10(14-16-8)7-15-11-5-9(6-12)2-3-13-11/h2-5H,6-7,12H2,1H3. The Morgan fingerprint density at radius 3 is 3.00 bits per heavy atom. The quantitative estimate of drug-likeness (QED) is 0.841. The fraction of sp³-hybridized carbons (Fsp3) is 0.273. The number of nitrogens with two attached hydrogens (primary N) is 1. The molecular formula is C11H13N3O2. The van der Waals surface area contributed by atoms with Gasteiger partial charge < -0.3 is 15.0 Å². The van der Waals surface area contributed by atoms with Crippen LogP contribution in [0.25, 0.3) is 0 Å². The van der Waals surface area contributed by atoms with Crippen LogP contribution in [-0.4, -0.2) is 10.1 Å². The van der Waals surface area contributed by atoms with Gasteiger partial charge >= 0.3 is 0 Å². The number of ether oxygens (including phenoxy) is 1. The Kier molecular flexibility index (Phi) is 3.16. The highest BCUT2D eigenvalue weighted by atomic mass is 16.5. The van der Waals surface area contributed by atoms with E-state index in [2.05, 4.69) is 10.1 Å². The predicted molar refractivity (Wildman–Crippen MR) is 57.7 cm³/mol. The molecule has 0 amide bonds. The molecule has 0 saturated heterocycles. The molecule has 2 aromatic heterocycles. The first-order valence-electron chi connectivity index (χ1n) is 4.98. The van der Waals surface area contributed by atoms with E-state index in [4.69, 9.17) is 15.0 Å². The molecule has 0 aromatic carbocycles. The summed E-state index contributed by atoms with van der Waals surface area (Å²) in [4.78, 5) is 4.07. The van der Waals surface area contributed by atoms with Gasteiger partial charge in [-0.1, -0.05) is 5.16 Å². The molecule has 0 saturated carbocycles. The average Bonchev–Trinajstić information content (AvgIpc) is 2.73. The van der Waals surface area contributed by atoms with Crippen molar-refractivity contribution in [3.8, 4) is 5.88 Å². The minimum atomic E-state index is 0.346. The molecule has 16 heavy (non-hydrogen) atoms. The van der Waals surface area contributed by atoms with E-state index in [0.29, 0.717) is 19.0 Å². The first-order chi connectivity index (χ1) is 7.78. The van der Waals surface area contributed by atoms with Crippen LogP contribution >= 0.6 is 0 Å². The van der Waals surface area contributed by atoms with Gasteiger partial charge in [-0.15, -0.1) is 0 Å². The second kappa shape index (κ2) is 4.76. The van der Waals surface area contributed by atoms with Crippen molar-refractivity contribution in [2.45, 2.75) is 20.1 Å². The maximum atomic E-state index is 5.52. The van der Waals surface area contributed by atoms with Gasteiger partial charge in [0, 0.05) is 24.9 Å². The van der Waals surface area contributed by atoms with Crippen molar-refractivity contribution in [1.29, 1.82) is 0 Å². The van der Waals surface area contributed by atoms with Crippen molar-refractivity contribution in [2.75, 3.05) is 0 Å². The third-order valence-electron chi connectivity index (χ3n) is 2.08. The molecule has 2 rings (SSSR count). The molecule has 0 bridgehead atoms. The van der Waals surface area contributed by atoms with Crippen molar-refractivity contribution in [1.82, 2.24) is 10.1 Å². The Balaban J connectivity index is 1.99. The molecule has 0 spiro atoms.